The second-order valence-electron chi connectivity index (χ2n) is 8.03. The molecule has 1 aliphatic carbocycles. The largest absolute Gasteiger partial charge is 0.310 e. The Balaban J connectivity index is 1.56. The van der Waals surface area contributed by atoms with Crippen LogP contribution in [0.25, 0.3) is 0 Å². The Hall–Kier alpha value is -1.94. The Morgan fingerprint density at radius 1 is 1.19 bits per heavy atom. The molecule has 138 valence electrons. The summed E-state index contributed by atoms with van der Waals surface area (Å²) < 4.78 is 0. The number of aromatic nitrogens is 2. The predicted octanol–water partition coefficient (Wildman–Crippen LogP) is 3.99. The van der Waals surface area contributed by atoms with Gasteiger partial charge in [0.15, 0.2) is 0 Å². The molecule has 1 fully saturated rings. The summed E-state index contributed by atoms with van der Waals surface area (Å²) in [6.45, 7) is 7.01. The third-order valence-electron chi connectivity index (χ3n) is 6.27. The Morgan fingerprint density at radius 2 is 2.00 bits per heavy atom. The van der Waals surface area contributed by atoms with Crippen LogP contribution < -0.4 is 5.56 Å². The molecule has 0 radical (unpaired) electrons. The van der Waals surface area contributed by atoms with Crippen LogP contribution in [0.3, 0.4) is 0 Å². The highest BCUT2D eigenvalue weighted by atomic mass is 16.1. The van der Waals surface area contributed by atoms with Crippen LogP contribution in [0.4, 0.5) is 0 Å². The SMILES string of the molecule is Cc1cccc(CN2CCc3c(nc(C4CCCCC4)[nH]c3=O)C2)c1C. The quantitative estimate of drug-likeness (QED) is 0.909. The van der Waals surface area contributed by atoms with Crippen molar-refractivity contribution in [1.29, 1.82) is 0 Å². The number of H-pyrrole nitrogens is 1. The number of aromatic amines is 1. The van der Waals surface area contributed by atoms with Gasteiger partial charge in [-0.1, -0.05) is 37.5 Å². The van der Waals surface area contributed by atoms with Gasteiger partial charge >= 0.3 is 0 Å². The predicted molar refractivity (Wildman–Crippen MR) is 104 cm³/mol. The highest BCUT2D eigenvalue weighted by molar-refractivity contribution is 5.33. The highest BCUT2D eigenvalue weighted by Gasteiger charge is 2.24. The lowest BCUT2D eigenvalue weighted by molar-refractivity contribution is 0.239. The first-order chi connectivity index (χ1) is 12.6. The van der Waals surface area contributed by atoms with Crippen molar-refractivity contribution in [2.24, 2.45) is 0 Å². The zero-order chi connectivity index (χ0) is 18.1. The zero-order valence-electron chi connectivity index (χ0n) is 16.0. The van der Waals surface area contributed by atoms with Crippen molar-refractivity contribution in [3.8, 4) is 0 Å². The molecule has 4 rings (SSSR count). The molecule has 2 heterocycles. The lowest BCUT2D eigenvalue weighted by Crippen LogP contribution is -2.36. The van der Waals surface area contributed by atoms with Gasteiger partial charge in [0, 0.05) is 31.1 Å². The second kappa shape index (κ2) is 7.36. The van der Waals surface area contributed by atoms with Crippen LogP contribution in [0.15, 0.2) is 23.0 Å². The third kappa shape index (κ3) is 3.48. The maximum Gasteiger partial charge on any atom is 0.254 e. The average Bonchev–Trinajstić information content (AvgIpc) is 2.66. The van der Waals surface area contributed by atoms with Crippen LogP contribution in [0.1, 0.15) is 71.8 Å². The van der Waals surface area contributed by atoms with Gasteiger partial charge in [0.05, 0.1) is 5.69 Å². The number of rotatable bonds is 3. The highest BCUT2D eigenvalue weighted by Crippen LogP contribution is 2.31. The van der Waals surface area contributed by atoms with Gasteiger partial charge < -0.3 is 4.98 Å². The van der Waals surface area contributed by atoms with Crippen molar-refractivity contribution in [3.63, 3.8) is 0 Å². The van der Waals surface area contributed by atoms with Crippen molar-refractivity contribution in [3.05, 3.63) is 62.3 Å². The van der Waals surface area contributed by atoms with Crippen molar-refractivity contribution in [2.45, 2.75) is 71.4 Å². The van der Waals surface area contributed by atoms with Crippen molar-refractivity contribution in [2.75, 3.05) is 6.54 Å². The Morgan fingerprint density at radius 3 is 2.81 bits per heavy atom. The first kappa shape index (κ1) is 17.5. The van der Waals surface area contributed by atoms with Gasteiger partial charge in [0.1, 0.15) is 5.82 Å². The molecule has 1 saturated carbocycles. The molecular weight excluding hydrogens is 322 g/mol. The molecule has 0 saturated heterocycles. The summed E-state index contributed by atoms with van der Waals surface area (Å²) in [6, 6.07) is 6.53. The lowest BCUT2D eigenvalue weighted by Gasteiger charge is -2.29. The van der Waals surface area contributed by atoms with Crippen LogP contribution in [0.5, 0.6) is 0 Å². The van der Waals surface area contributed by atoms with Gasteiger partial charge in [-0.05, 0) is 49.8 Å². The van der Waals surface area contributed by atoms with Gasteiger partial charge in [-0.3, -0.25) is 9.69 Å². The molecule has 0 atom stereocenters. The molecule has 1 N–H and O–H groups in total. The molecule has 1 aromatic heterocycles. The molecule has 26 heavy (non-hydrogen) atoms. The van der Waals surface area contributed by atoms with E-state index in [1.807, 2.05) is 0 Å². The minimum atomic E-state index is 0.0990. The van der Waals surface area contributed by atoms with Crippen LogP contribution in [-0.4, -0.2) is 21.4 Å². The third-order valence-corrected chi connectivity index (χ3v) is 6.27. The molecule has 0 bridgehead atoms. The van der Waals surface area contributed by atoms with E-state index >= 15 is 0 Å². The molecule has 0 spiro atoms. The van der Waals surface area contributed by atoms with E-state index in [1.54, 1.807) is 0 Å². The molecule has 2 aromatic rings. The van der Waals surface area contributed by atoms with Gasteiger partial charge in [0.25, 0.3) is 5.56 Å². The molecule has 0 unspecified atom stereocenters. The zero-order valence-corrected chi connectivity index (χ0v) is 16.0. The van der Waals surface area contributed by atoms with Crippen LogP contribution >= 0.6 is 0 Å². The standard InChI is InChI=1S/C22H29N3O/c1-15-7-6-10-18(16(15)2)13-25-12-11-19-20(14-25)23-21(24-22(19)26)17-8-4-3-5-9-17/h6-7,10,17H,3-5,8-9,11-14H2,1-2H3,(H,23,24,26). The van der Waals surface area contributed by atoms with Gasteiger partial charge in [0.2, 0.25) is 0 Å². The number of fused-ring (bicyclic) bond motifs is 1. The summed E-state index contributed by atoms with van der Waals surface area (Å²) >= 11 is 0. The number of aryl methyl sites for hydroxylation is 1. The normalized spacial score (nSPS) is 18.7. The van der Waals surface area contributed by atoms with Gasteiger partial charge in [-0.15, -0.1) is 0 Å². The van der Waals surface area contributed by atoms with E-state index < -0.39 is 0 Å². The minimum Gasteiger partial charge on any atom is -0.310 e. The summed E-state index contributed by atoms with van der Waals surface area (Å²) in [5.74, 6) is 1.37. The summed E-state index contributed by atoms with van der Waals surface area (Å²) in [6.07, 6.45) is 6.94. The molecule has 4 nitrogen and oxygen atoms in total. The fourth-order valence-electron chi connectivity index (χ4n) is 4.44. The second-order valence-corrected chi connectivity index (χ2v) is 8.03. The molecule has 0 amide bonds. The van der Waals surface area contributed by atoms with Gasteiger partial charge in [-0.2, -0.15) is 0 Å². The molecule has 4 heteroatoms. The van der Waals surface area contributed by atoms with Crippen LogP contribution in [-0.2, 0) is 19.5 Å². The molecule has 2 aliphatic rings. The maximum atomic E-state index is 12.6. The number of nitrogens with zero attached hydrogens (tertiary/aromatic N) is 2. The van der Waals surface area contributed by atoms with E-state index in [0.29, 0.717) is 5.92 Å². The average molecular weight is 351 g/mol. The number of nitrogens with one attached hydrogen (secondary N) is 1. The topological polar surface area (TPSA) is 49.0 Å². The smallest absolute Gasteiger partial charge is 0.254 e. The number of hydrogen-bond acceptors (Lipinski definition) is 3. The van der Waals surface area contributed by atoms with E-state index in [4.69, 9.17) is 4.98 Å². The fraction of sp³-hybridized carbons (Fsp3) is 0.545. The van der Waals surface area contributed by atoms with E-state index in [1.165, 1.54) is 36.0 Å². The van der Waals surface area contributed by atoms with Crippen molar-refractivity contribution < 1.29 is 0 Å². The molecule has 1 aliphatic heterocycles. The van der Waals surface area contributed by atoms with E-state index in [9.17, 15) is 4.79 Å². The first-order valence-corrected chi connectivity index (χ1v) is 10.0. The summed E-state index contributed by atoms with van der Waals surface area (Å²) in [5.41, 5.74) is 6.11. The first-order valence-electron chi connectivity index (χ1n) is 10.0. The maximum absolute atomic E-state index is 12.6. The number of hydrogen-bond donors (Lipinski definition) is 1. The summed E-state index contributed by atoms with van der Waals surface area (Å²) in [4.78, 5) is 23.0. The fourth-order valence-corrected chi connectivity index (χ4v) is 4.44. The van der Waals surface area contributed by atoms with Crippen molar-refractivity contribution in [1.82, 2.24) is 14.9 Å². The Kier molecular flexibility index (Phi) is 4.94. The molecule has 1 aromatic carbocycles. The van der Waals surface area contributed by atoms with Gasteiger partial charge in [-0.25, -0.2) is 4.98 Å². The summed E-state index contributed by atoms with van der Waals surface area (Å²) in [5, 5.41) is 0. The number of benzene rings is 1. The van der Waals surface area contributed by atoms with Crippen LogP contribution in [0, 0.1) is 13.8 Å². The van der Waals surface area contributed by atoms with E-state index in [2.05, 4.69) is 41.9 Å². The lowest BCUT2D eigenvalue weighted by atomic mass is 9.88. The Labute approximate surface area is 155 Å². The van der Waals surface area contributed by atoms with Crippen LogP contribution in [0.2, 0.25) is 0 Å². The van der Waals surface area contributed by atoms with E-state index in [0.717, 1.165) is 56.0 Å². The Bertz CT molecular complexity index is 849. The molecular formula is C22H29N3O. The summed E-state index contributed by atoms with van der Waals surface area (Å²) in [7, 11) is 0. The van der Waals surface area contributed by atoms with Crippen molar-refractivity contribution >= 4 is 0 Å². The van der Waals surface area contributed by atoms with E-state index in [-0.39, 0.29) is 5.56 Å². The minimum absolute atomic E-state index is 0.0990. The monoisotopic (exact) mass is 351 g/mol.